The van der Waals surface area contributed by atoms with Crippen LogP contribution in [0.15, 0.2) is 0 Å². The Hall–Kier alpha value is 1.48. The third kappa shape index (κ3) is 19.8. The standard InChI is InChI=1S/C12H25FO3S.K.H/c1-2-3-4-5-6-7-8-9-10-11-12-16-17(13,14)15;;/h2-12H2,1H3;;/q;+1;-1. The summed E-state index contributed by atoms with van der Waals surface area (Å²) in [7, 11) is -4.73. The van der Waals surface area contributed by atoms with Gasteiger partial charge in [-0.25, -0.2) is 4.18 Å². The van der Waals surface area contributed by atoms with Gasteiger partial charge in [-0.15, -0.1) is 0 Å². The van der Waals surface area contributed by atoms with Crippen molar-refractivity contribution >= 4 is 10.5 Å². The Bertz CT molecular complexity index is 264. The molecular formula is C12H26FKO3S. The van der Waals surface area contributed by atoms with Crippen LogP contribution < -0.4 is 51.4 Å². The van der Waals surface area contributed by atoms with Crippen LogP contribution in [0, 0.1) is 0 Å². The molecule has 0 aromatic heterocycles. The minimum Gasteiger partial charge on any atom is -1.00 e. The van der Waals surface area contributed by atoms with Crippen molar-refractivity contribution in [2.75, 3.05) is 6.61 Å². The molecule has 0 saturated heterocycles. The van der Waals surface area contributed by atoms with Gasteiger partial charge >= 0.3 is 61.9 Å². The van der Waals surface area contributed by atoms with Gasteiger partial charge in [0.25, 0.3) is 0 Å². The van der Waals surface area contributed by atoms with Gasteiger partial charge in [0.15, 0.2) is 0 Å². The average Bonchev–Trinajstić information content (AvgIpc) is 2.24. The predicted molar refractivity (Wildman–Crippen MR) is 68.9 cm³/mol. The fourth-order valence-electron chi connectivity index (χ4n) is 1.75. The summed E-state index contributed by atoms with van der Waals surface area (Å²) in [6, 6.07) is 0. The van der Waals surface area contributed by atoms with Crippen LogP contribution in [0.2, 0.25) is 0 Å². The zero-order chi connectivity index (χ0) is 13.0. The van der Waals surface area contributed by atoms with E-state index in [0.717, 1.165) is 12.8 Å². The Labute approximate surface area is 156 Å². The van der Waals surface area contributed by atoms with Crippen LogP contribution in [0.4, 0.5) is 3.89 Å². The summed E-state index contributed by atoms with van der Waals surface area (Å²) < 4.78 is 35.9. The van der Waals surface area contributed by atoms with Gasteiger partial charge in [0, 0.05) is 0 Å². The fourth-order valence-corrected chi connectivity index (χ4v) is 2.06. The molecule has 0 bridgehead atoms. The monoisotopic (exact) mass is 308 g/mol. The minimum atomic E-state index is -4.73. The average molecular weight is 308 g/mol. The van der Waals surface area contributed by atoms with Crippen LogP contribution in [-0.2, 0) is 14.7 Å². The van der Waals surface area contributed by atoms with E-state index in [1.807, 2.05) is 0 Å². The summed E-state index contributed by atoms with van der Waals surface area (Å²) in [5.41, 5.74) is 0. The largest absolute Gasteiger partial charge is 1.00 e. The summed E-state index contributed by atoms with van der Waals surface area (Å²) in [4.78, 5) is 0. The first-order valence-corrected chi connectivity index (χ1v) is 7.96. The molecule has 0 aliphatic heterocycles. The SMILES string of the molecule is CCCCCCCCCCCCOS(=O)(=O)F.[H-].[K+]. The summed E-state index contributed by atoms with van der Waals surface area (Å²) in [6.07, 6.45) is 11.5. The molecule has 106 valence electrons. The summed E-state index contributed by atoms with van der Waals surface area (Å²) in [5, 5.41) is 0. The zero-order valence-corrected chi connectivity index (χ0v) is 15.7. The van der Waals surface area contributed by atoms with Crippen molar-refractivity contribution in [3.63, 3.8) is 0 Å². The summed E-state index contributed by atoms with van der Waals surface area (Å²) in [5.74, 6) is 0. The van der Waals surface area contributed by atoms with E-state index in [0.29, 0.717) is 6.42 Å². The second-order valence-corrected chi connectivity index (χ2v) is 5.42. The molecule has 0 heterocycles. The van der Waals surface area contributed by atoms with Gasteiger partial charge in [-0.2, -0.15) is 8.42 Å². The van der Waals surface area contributed by atoms with Crippen molar-refractivity contribution in [2.45, 2.75) is 71.1 Å². The molecule has 0 aromatic rings. The van der Waals surface area contributed by atoms with Crippen LogP contribution in [0.25, 0.3) is 0 Å². The van der Waals surface area contributed by atoms with Gasteiger partial charge in [-0.05, 0) is 6.42 Å². The smallest absolute Gasteiger partial charge is 1.00 e. The second kappa shape index (κ2) is 14.9. The van der Waals surface area contributed by atoms with E-state index in [4.69, 9.17) is 0 Å². The Morgan fingerprint density at radius 2 is 1.28 bits per heavy atom. The zero-order valence-electron chi connectivity index (χ0n) is 12.8. The molecule has 0 rings (SSSR count). The maximum atomic E-state index is 11.9. The molecule has 3 nitrogen and oxygen atoms in total. The molecule has 0 radical (unpaired) electrons. The van der Waals surface area contributed by atoms with Crippen molar-refractivity contribution in [2.24, 2.45) is 0 Å². The molecule has 0 aliphatic carbocycles. The molecule has 0 aliphatic rings. The Morgan fingerprint density at radius 3 is 1.67 bits per heavy atom. The Balaban J connectivity index is -0.00000128. The number of rotatable bonds is 12. The number of hydrogen-bond acceptors (Lipinski definition) is 3. The second-order valence-electron chi connectivity index (χ2n) is 4.40. The maximum Gasteiger partial charge on any atom is 1.00 e. The predicted octanol–water partition coefficient (Wildman–Crippen LogP) is 1.25. The topological polar surface area (TPSA) is 43.4 Å². The molecule has 0 amide bonds. The summed E-state index contributed by atoms with van der Waals surface area (Å²) >= 11 is 0. The molecule has 0 spiro atoms. The number of unbranched alkanes of at least 4 members (excludes halogenated alkanes) is 9. The first-order chi connectivity index (χ1) is 8.06. The molecular weight excluding hydrogens is 282 g/mol. The van der Waals surface area contributed by atoms with Crippen LogP contribution in [0.1, 0.15) is 72.6 Å². The molecule has 0 fully saturated rings. The Kier molecular flexibility index (Phi) is 18.0. The molecule has 0 saturated carbocycles. The van der Waals surface area contributed by atoms with E-state index in [1.165, 1.54) is 44.9 Å². The van der Waals surface area contributed by atoms with E-state index in [1.54, 1.807) is 0 Å². The number of hydrogen-bond donors (Lipinski definition) is 0. The van der Waals surface area contributed by atoms with Gasteiger partial charge in [-0.1, -0.05) is 68.6 Å². The van der Waals surface area contributed by atoms with E-state index >= 15 is 0 Å². The number of halogens is 1. The first kappa shape index (κ1) is 21.8. The van der Waals surface area contributed by atoms with Crippen molar-refractivity contribution in [1.29, 1.82) is 0 Å². The Morgan fingerprint density at radius 1 is 0.889 bits per heavy atom. The normalized spacial score (nSPS) is 11.2. The van der Waals surface area contributed by atoms with Gasteiger partial charge < -0.3 is 1.43 Å². The first-order valence-electron chi connectivity index (χ1n) is 6.65. The molecule has 0 unspecified atom stereocenters. The van der Waals surface area contributed by atoms with E-state index in [2.05, 4.69) is 11.1 Å². The molecule has 0 atom stereocenters. The minimum absolute atomic E-state index is 0. The maximum absolute atomic E-state index is 11.9. The van der Waals surface area contributed by atoms with Crippen molar-refractivity contribution in [3.8, 4) is 0 Å². The third-order valence-electron chi connectivity index (χ3n) is 2.72. The van der Waals surface area contributed by atoms with Gasteiger partial charge in [0.05, 0.1) is 6.61 Å². The van der Waals surface area contributed by atoms with Gasteiger partial charge in [0.2, 0.25) is 0 Å². The fraction of sp³-hybridized carbons (Fsp3) is 1.00. The molecule has 0 aromatic carbocycles. The summed E-state index contributed by atoms with van der Waals surface area (Å²) in [6.45, 7) is 2.18. The quantitative estimate of drug-likeness (QED) is 0.310. The van der Waals surface area contributed by atoms with Crippen molar-refractivity contribution in [3.05, 3.63) is 0 Å². The molecule has 0 N–H and O–H groups in total. The van der Waals surface area contributed by atoms with Crippen LogP contribution in [0.3, 0.4) is 0 Å². The molecule has 18 heavy (non-hydrogen) atoms. The van der Waals surface area contributed by atoms with Crippen molar-refractivity contribution < 1.29 is 69.3 Å². The molecule has 6 heteroatoms. The van der Waals surface area contributed by atoms with E-state index < -0.39 is 10.5 Å². The van der Waals surface area contributed by atoms with E-state index in [9.17, 15) is 12.3 Å². The van der Waals surface area contributed by atoms with Crippen molar-refractivity contribution in [1.82, 2.24) is 0 Å². The third-order valence-corrected chi connectivity index (χ3v) is 3.17. The van der Waals surface area contributed by atoms with Gasteiger partial charge in [0.1, 0.15) is 0 Å². The van der Waals surface area contributed by atoms with Crippen LogP contribution >= 0.6 is 0 Å². The van der Waals surface area contributed by atoms with Crippen LogP contribution in [-0.4, -0.2) is 15.0 Å². The van der Waals surface area contributed by atoms with E-state index in [-0.39, 0.29) is 59.4 Å². The van der Waals surface area contributed by atoms with Crippen LogP contribution in [0.5, 0.6) is 0 Å². The van der Waals surface area contributed by atoms with Gasteiger partial charge in [-0.3, -0.25) is 0 Å².